The van der Waals surface area contributed by atoms with Crippen LogP contribution in [0.1, 0.15) is 42.8 Å². The van der Waals surface area contributed by atoms with Crippen molar-refractivity contribution < 1.29 is 19.2 Å². The zero-order valence-corrected chi connectivity index (χ0v) is 10.6. The number of hydrogen-bond acceptors (Lipinski definition) is 6. The van der Waals surface area contributed by atoms with Gasteiger partial charge in [0.1, 0.15) is 0 Å². The van der Waals surface area contributed by atoms with Crippen molar-refractivity contribution in [2.45, 2.75) is 32.4 Å². The van der Waals surface area contributed by atoms with Gasteiger partial charge in [-0.3, -0.25) is 0 Å². The molecule has 19 heavy (non-hydrogen) atoms. The van der Waals surface area contributed by atoms with E-state index in [2.05, 4.69) is 5.10 Å². The lowest BCUT2D eigenvalue weighted by Crippen LogP contribution is -2.18. The monoisotopic (exact) mass is 269 g/mol. The van der Waals surface area contributed by atoms with Crippen LogP contribution in [0.25, 0.3) is 0 Å². The minimum absolute atomic E-state index is 0.138. The molecule has 1 fully saturated rings. The Morgan fingerprint density at radius 2 is 2.47 bits per heavy atom. The average molecular weight is 269 g/mol. The van der Waals surface area contributed by atoms with Crippen LogP contribution in [0, 0.1) is 10.1 Å². The Morgan fingerprint density at radius 3 is 3.05 bits per heavy atom. The number of ether oxygens (including phenoxy) is 2. The van der Waals surface area contributed by atoms with Gasteiger partial charge in [-0.15, -0.1) is 0 Å². The van der Waals surface area contributed by atoms with Crippen LogP contribution in [-0.2, 0) is 9.47 Å². The molecule has 0 radical (unpaired) electrons. The Morgan fingerprint density at radius 1 is 1.68 bits per heavy atom. The normalized spacial score (nSPS) is 19.1. The summed E-state index contributed by atoms with van der Waals surface area (Å²) in [6.45, 7) is 2.38. The van der Waals surface area contributed by atoms with E-state index in [1.165, 1.54) is 10.9 Å². The van der Waals surface area contributed by atoms with E-state index >= 15 is 0 Å². The van der Waals surface area contributed by atoms with E-state index in [0.29, 0.717) is 6.61 Å². The van der Waals surface area contributed by atoms with Crippen molar-refractivity contribution in [1.29, 1.82) is 0 Å². The Balaban J connectivity index is 2.28. The summed E-state index contributed by atoms with van der Waals surface area (Å²) in [5.41, 5.74) is -0.138. The fraction of sp³-hybridized carbons (Fsp3) is 0.636. The first-order chi connectivity index (χ1) is 9.13. The highest BCUT2D eigenvalue weighted by Gasteiger charge is 2.31. The number of nitrogens with zero attached hydrogens (tertiary/aromatic N) is 3. The summed E-state index contributed by atoms with van der Waals surface area (Å²) < 4.78 is 11.6. The van der Waals surface area contributed by atoms with Crippen LogP contribution < -0.4 is 0 Å². The van der Waals surface area contributed by atoms with E-state index in [9.17, 15) is 14.9 Å². The molecule has 0 spiro atoms. The van der Waals surface area contributed by atoms with Gasteiger partial charge in [0.15, 0.2) is 11.8 Å². The summed E-state index contributed by atoms with van der Waals surface area (Å²) in [6, 6.07) is 0. The largest absolute Gasteiger partial charge is 0.462 e. The van der Waals surface area contributed by atoms with Crippen LogP contribution in [0.5, 0.6) is 0 Å². The van der Waals surface area contributed by atoms with Crippen LogP contribution in [0.3, 0.4) is 0 Å². The maximum Gasteiger partial charge on any atom is 0.404 e. The number of nitro groups is 1. The third kappa shape index (κ3) is 2.90. The second-order valence-electron chi connectivity index (χ2n) is 4.15. The summed E-state index contributed by atoms with van der Waals surface area (Å²) in [5, 5.41) is 14.7. The van der Waals surface area contributed by atoms with Crippen molar-refractivity contribution in [2.24, 2.45) is 0 Å². The summed E-state index contributed by atoms with van der Waals surface area (Å²) in [7, 11) is 0. The first-order valence-corrected chi connectivity index (χ1v) is 6.15. The molecule has 0 saturated carbocycles. The van der Waals surface area contributed by atoms with Crippen LogP contribution in [0.15, 0.2) is 6.20 Å². The predicted molar refractivity (Wildman–Crippen MR) is 63.7 cm³/mol. The zero-order valence-electron chi connectivity index (χ0n) is 10.6. The van der Waals surface area contributed by atoms with E-state index in [1.807, 2.05) is 0 Å². The van der Waals surface area contributed by atoms with Gasteiger partial charge in [-0.05, 0) is 31.1 Å². The Labute approximate surface area is 109 Å². The van der Waals surface area contributed by atoms with Crippen molar-refractivity contribution in [3.63, 3.8) is 0 Å². The second-order valence-corrected chi connectivity index (χ2v) is 4.15. The van der Waals surface area contributed by atoms with E-state index in [4.69, 9.17) is 9.47 Å². The lowest BCUT2D eigenvalue weighted by Gasteiger charge is -2.20. The molecule has 2 rings (SSSR count). The molecule has 1 aromatic heterocycles. The zero-order chi connectivity index (χ0) is 13.8. The molecular formula is C11H15N3O5. The maximum atomic E-state index is 11.6. The topological polar surface area (TPSA) is 96.5 Å². The van der Waals surface area contributed by atoms with Gasteiger partial charge in [0, 0.05) is 6.61 Å². The van der Waals surface area contributed by atoms with Gasteiger partial charge in [-0.2, -0.15) is 4.68 Å². The molecule has 0 aromatic carbocycles. The molecule has 0 unspecified atom stereocenters. The Kier molecular flexibility index (Phi) is 4.10. The van der Waals surface area contributed by atoms with Crippen molar-refractivity contribution in [1.82, 2.24) is 9.78 Å². The number of aromatic nitrogens is 2. The minimum atomic E-state index is -0.740. The fourth-order valence-corrected chi connectivity index (χ4v) is 1.95. The molecule has 1 atom stereocenters. The number of rotatable bonds is 4. The molecule has 8 heteroatoms. The highest BCUT2D eigenvalue weighted by Crippen LogP contribution is 2.25. The minimum Gasteiger partial charge on any atom is -0.462 e. The Bertz CT molecular complexity index is 479. The number of carbonyl (C=O) groups is 1. The quantitative estimate of drug-likeness (QED) is 0.468. The predicted octanol–water partition coefficient (Wildman–Crippen LogP) is 1.67. The van der Waals surface area contributed by atoms with Gasteiger partial charge in [-0.25, -0.2) is 4.79 Å². The number of carbonyl (C=O) groups excluding carboxylic acids is 1. The van der Waals surface area contributed by atoms with Crippen molar-refractivity contribution in [3.05, 3.63) is 21.9 Å². The van der Waals surface area contributed by atoms with Gasteiger partial charge in [0.2, 0.25) is 0 Å². The summed E-state index contributed by atoms with van der Waals surface area (Å²) in [6.07, 6.45) is 3.63. The molecule has 0 amide bonds. The molecule has 1 aromatic rings. The summed E-state index contributed by atoms with van der Waals surface area (Å²) in [5.74, 6) is -1.23. The molecule has 2 heterocycles. The smallest absolute Gasteiger partial charge is 0.404 e. The Hall–Kier alpha value is -1.96. The van der Waals surface area contributed by atoms with Gasteiger partial charge in [0.05, 0.1) is 17.9 Å². The molecule has 1 aliphatic heterocycles. The van der Waals surface area contributed by atoms with E-state index in [0.717, 1.165) is 19.3 Å². The van der Waals surface area contributed by atoms with Gasteiger partial charge >= 0.3 is 11.8 Å². The van der Waals surface area contributed by atoms with E-state index < -0.39 is 16.7 Å². The second kappa shape index (κ2) is 5.79. The molecule has 0 aliphatic carbocycles. The SMILES string of the molecule is CCOC(=O)c1cn([C@H]2CCCCO2)nc1[N+](=O)[O-]. The number of esters is 1. The van der Waals surface area contributed by atoms with Crippen LogP contribution >= 0.6 is 0 Å². The molecule has 0 bridgehead atoms. The van der Waals surface area contributed by atoms with Crippen molar-refractivity contribution >= 4 is 11.8 Å². The van der Waals surface area contributed by atoms with Gasteiger partial charge in [0.25, 0.3) is 0 Å². The first kappa shape index (κ1) is 13.5. The number of hydrogen-bond donors (Lipinski definition) is 0. The van der Waals surface area contributed by atoms with E-state index in [1.54, 1.807) is 6.92 Å². The third-order valence-corrected chi connectivity index (χ3v) is 2.83. The average Bonchev–Trinajstić information content (AvgIpc) is 2.85. The fourth-order valence-electron chi connectivity index (χ4n) is 1.95. The first-order valence-electron chi connectivity index (χ1n) is 6.15. The molecule has 1 aliphatic rings. The summed E-state index contributed by atoms with van der Waals surface area (Å²) >= 11 is 0. The molecule has 0 N–H and O–H groups in total. The lowest BCUT2D eigenvalue weighted by atomic mass is 10.2. The molecule has 104 valence electrons. The highest BCUT2D eigenvalue weighted by molar-refractivity contribution is 5.92. The maximum absolute atomic E-state index is 11.6. The van der Waals surface area contributed by atoms with Gasteiger partial charge < -0.3 is 19.6 Å². The van der Waals surface area contributed by atoms with Gasteiger partial charge in [-0.1, -0.05) is 0 Å². The molecule has 8 nitrogen and oxygen atoms in total. The lowest BCUT2D eigenvalue weighted by molar-refractivity contribution is -0.390. The molecule has 1 saturated heterocycles. The van der Waals surface area contributed by atoms with Crippen LogP contribution in [0.4, 0.5) is 5.82 Å². The van der Waals surface area contributed by atoms with Crippen LogP contribution in [-0.4, -0.2) is 33.9 Å². The highest BCUT2D eigenvalue weighted by atomic mass is 16.6. The van der Waals surface area contributed by atoms with Crippen molar-refractivity contribution in [2.75, 3.05) is 13.2 Å². The van der Waals surface area contributed by atoms with Crippen molar-refractivity contribution in [3.8, 4) is 0 Å². The summed E-state index contributed by atoms with van der Waals surface area (Å²) in [4.78, 5) is 21.9. The van der Waals surface area contributed by atoms with Crippen LogP contribution in [0.2, 0.25) is 0 Å². The molecular weight excluding hydrogens is 254 g/mol. The third-order valence-electron chi connectivity index (χ3n) is 2.83. The standard InChI is InChI=1S/C11H15N3O5/c1-2-18-11(15)8-7-13(12-10(8)14(16)17)9-5-3-4-6-19-9/h7,9H,2-6H2,1H3/t9-/m1/s1. The van der Waals surface area contributed by atoms with E-state index in [-0.39, 0.29) is 18.4 Å².